The maximum atomic E-state index is 13.1. The van der Waals surface area contributed by atoms with Crippen molar-refractivity contribution in [3.63, 3.8) is 0 Å². The Morgan fingerprint density at radius 2 is 1.90 bits per heavy atom. The van der Waals surface area contributed by atoms with Crippen LogP contribution in [0, 0.1) is 6.92 Å². The van der Waals surface area contributed by atoms with E-state index in [1.807, 2.05) is 13.8 Å². The Morgan fingerprint density at radius 1 is 1.20 bits per heavy atom. The van der Waals surface area contributed by atoms with Crippen molar-refractivity contribution in [2.75, 3.05) is 10.6 Å². The molecule has 7 heteroatoms. The van der Waals surface area contributed by atoms with Gasteiger partial charge in [0, 0.05) is 37.2 Å². The highest BCUT2D eigenvalue weighted by Crippen LogP contribution is 2.23. The zero-order valence-corrected chi connectivity index (χ0v) is 20.1. The summed E-state index contributed by atoms with van der Waals surface area (Å²) >= 11 is 3.57. The van der Waals surface area contributed by atoms with Crippen LogP contribution in [0.5, 0.6) is 0 Å². The summed E-state index contributed by atoms with van der Waals surface area (Å²) in [7, 11) is 0. The number of anilines is 2. The average Bonchev–Trinajstić information content (AvgIpc) is 2.82. The molecule has 0 bridgehead atoms. The summed E-state index contributed by atoms with van der Waals surface area (Å²) in [6.45, 7) is 11.4. The molecular weight excluding hydrogens is 444 g/mol. The lowest BCUT2D eigenvalue weighted by molar-refractivity contribution is -0.509. The first-order chi connectivity index (χ1) is 14.2. The Labute approximate surface area is 187 Å². The summed E-state index contributed by atoms with van der Waals surface area (Å²) in [6, 6.07) is 1.89. The van der Waals surface area contributed by atoms with E-state index in [-0.39, 0.29) is 17.9 Å². The molecule has 0 radical (unpaired) electrons. The molecule has 1 unspecified atom stereocenters. The van der Waals surface area contributed by atoms with E-state index in [2.05, 4.69) is 75.1 Å². The van der Waals surface area contributed by atoms with Crippen molar-refractivity contribution in [3.8, 4) is 0 Å². The highest BCUT2D eigenvalue weighted by atomic mass is 79.9. The molecule has 0 saturated carbocycles. The molecule has 0 aliphatic carbocycles. The minimum absolute atomic E-state index is 0.167. The van der Waals surface area contributed by atoms with Crippen molar-refractivity contribution in [3.05, 3.63) is 51.9 Å². The molecule has 2 N–H and O–H groups in total. The Bertz CT molecular complexity index is 973. The van der Waals surface area contributed by atoms with Gasteiger partial charge in [0.2, 0.25) is 5.91 Å². The monoisotopic (exact) mass is 473 g/mol. The van der Waals surface area contributed by atoms with Crippen molar-refractivity contribution in [2.45, 2.75) is 60.4 Å². The van der Waals surface area contributed by atoms with Crippen LogP contribution < -0.4 is 10.6 Å². The lowest BCUT2D eigenvalue weighted by atomic mass is 10.1. The molecule has 1 atom stereocenters. The second-order valence-corrected chi connectivity index (χ2v) is 8.21. The van der Waals surface area contributed by atoms with Crippen molar-refractivity contribution in [1.29, 1.82) is 0 Å². The number of nitrogens with zero attached hydrogens (tertiary/aromatic N) is 2. The number of hydrogen-bond donors (Lipinski definition) is 2. The van der Waals surface area contributed by atoms with E-state index in [1.165, 1.54) is 6.92 Å². The number of aromatic nitrogens is 1. The largest absolute Gasteiger partial charge is 0.325 e. The van der Waals surface area contributed by atoms with Crippen LogP contribution in [0.3, 0.4) is 0 Å². The standard InChI is InChI=1S/C23H29BrN4O2/c1-7-20-10-9-18(24)11-14(3)28(20)22(8-2)15(4)23(30)27-21-12-19(26-17(6)29)13-25-16(21)5/h9-13,20H,7-8H2,1-6H3,(H-,26,27,29,30)/p+1/b22-15+. The number of pyridine rings is 1. The molecule has 0 saturated heterocycles. The smallest absolute Gasteiger partial charge is 0.257 e. The molecule has 0 spiro atoms. The van der Waals surface area contributed by atoms with Crippen LogP contribution in [-0.2, 0) is 9.59 Å². The van der Waals surface area contributed by atoms with E-state index in [0.29, 0.717) is 22.6 Å². The van der Waals surface area contributed by atoms with Gasteiger partial charge in [0.1, 0.15) is 0 Å². The number of hydrogen-bond acceptors (Lipinski definition) is 3. The first kappa shape index (κ1) is 23.7. The van der Waals surface area contributed by atoms with Gasteiger partial charge in [-0.1, -0.05) is 29.8 Å². The van der Waals surface area contributed by atoms with Crippen LogP contribution in [0.25, 0.3) is 0 Å². The molecule has 2 rings (SSSR count). The Balaban J connectivity index is 2.44. The SMILES string of the molecule is CC/C(=C(/C)C(=O)Nc1cc(NC(C)=O)cnc1C)[N+]1=C(C)C=C(Br)C=CC1CC. The third-order valence-corrected chi connectivity index (χ3v) is 5.50. The first-order valence-corrected chi connectivity index (χ1v) is 10.9. The number of carbonyl (C=O) groups excluding carboxylic acids is 2. The van der Waals surface area contributed by atoms with Gasteiger partial charge in [0.15, 0.2) is 17.5 Å². The number of aryl methyl sites for hydroxylation is 1. The number of nitrogens with one attached hydrogen (secondary N) is 2. The molecule has 2 heterocycles. The maximum Gasteiger partial charge on any atom is 0.257 e. The van der Waals surface area contributed by atoms with Crippen LogP contribution in [-0.4, -0.2) is 33.1 Å². The summed E-state index contributed by atoms with van der Waals surface area (Å²) in [5.41, 5.74) is 4.51. The van der Waals surface area contributed by atoms with Crippen LogP contribution in [0.4, 0.5) is 11.4 Å². The van der Waals surface area contributed by atoms with Crippen LogP contribution >= 0.6 is 15.9 Å². The fourth-order valence-corrected chi connectivity index (χ4v) is 3.98. The van der Waals surface area contributed by atoms with E-state index < -0.39 is 0 Å². The van der Waals surface area contributed by atoms with Gasteiger partial charge < -0.3 is 10.6 Å². The van der Waals surface area contributed by atoms with Gasteiger partial charge >= 0.3 is 0 Å². The minimum atomic E-state index is -0.188. The zero-order chi connectivity index (χ0) is 22.4. The molecule has 1 aromatic rings. The fraction of sp³-hybridized carbons (Fsp3) is 0.391. The third-order valence-electron chi connectivity index (χ3n) is 5.01. The highest BCUT2D eigenvalue weighted by molar-refractivity contribution is 9.11. The van der Waals surface area contributed by atoms with E-state index >= 15 is 0 Å². The Hall–Kier alpha value is -2.54. The molecule has 1 aliphatic heterocycles. The number of allylic oxidation sites excluding steroid dienone is 4. The second kappa shape index (κ2) is 10.5. The van der Waals surface area contributed by atoms with Gasteiger partial charge in [-0.2, -0.15) is 4.58 Å². The normalized spacial score (nSPS) is 17.2. The molecule has 160 valence electrons. The summed E-state index contributed by atoms with van der Waals surface area (Å²) in [5, 5.41) is 5.66. The zero-order valence-electron chi connectivity index (χ0n) is 18.5. The van der Waals surface area contributed by atoms with E-state index in [0.717, 1.165) is 28.7 Å². The molecule has 30 heavy (non-hydrogen) atoms. The molecule has 0 fully saturated rings. The van der Waals surface area contributed by atoms with Gasteiger partial charge in [-0.15, -0.1) is 0 Å². The number of amides is 2. The predicted octanol–water partition coefficient (Wildman–Crippen LogP) is 5.07. The lowest BCUT2D eigenvalue weighted by Crippen LogP contribution is -2.30. The number of halogens is 1. The number of carbonyl (C=O) groups is 2. The third kappa shape index (κ3) is 5.75. The van der Waals surface area contributed by atoms with E-state index in [9.17, 15) is 9.59 Å². The highest BCUT2D eigenvalue weighted by Gasteiger charge is 2.28. The van der Waals surface area contributed by atoms with Crippen molar-refractivity contribution >= 4 is 44.8 Å². The lowest BCUT2D eigenvalue weighted by Gasteiger charge is -2.16. The van der Waals surface area contributed by atoms with E-state index in [1.54, 1.807) is 12.3 Å². The predicted molar refractivity (Wildman–Crippen MR) is 126 cm³/mol. The Kier molecular flexibility index (Phi) is 8.29. The minimum Gasteiger partial charge on any atom is -0.325 e. The summed E-state index contributed by atoms with van der Waals surface area (Å²) in [6.07, 6.45) is 9.49. The number of rotatable bonds is 6. The molecule has 6 nitrogen and oxygen atoms in total. The van der Waals surface area contributed by atoms with Gasteiger partial charge in [0.05, 0.1) is 28.8 Å². The molecule has 0 aromatic carbocycles. The van der Waals surface area contributed by atoms with Crippen molar-refractivity contribution < 1.29 is 14.2 Å². The molecule has 1 aromatic heterocycles. The summed E-state index contributed by atoms with van der Waals surface area (Å²) in [4.78, 5) is 28.7. The first-order valence-electron chi connectivity index (χ1n) is 10.1. The maximum absolute atomic E-state index is 13.1. The van der Waals surface area contributed by atoms with Gasteiger partial charge in [-0.25, -0.2) is 0 Å². The molecule has 2 amide bonds. The Morgan fingerprint density at radius 3 is 2.50 bits per heavy atom. The second-order valence-electron chi connectivity index (χ2n) is 7.29. The van der Waals surface area contributed by atoms with Crippen LogP contribution in [0.1, 0.15) is 53.2 Å². The van der Waals surface area contributed by atoms with Gasteiger partial charge in [-0.3, -0.25) is 14.6 Å². The van der Waals surface area contributed by atoms with Crippen molar-refractivity contribution in [2.24, 2.45) is 0 Å². The fourth-order valence-electron chi connectivity index (χ4n) is 3.49. The van der Waals surface area contributed by atoms with Crippen LogP contribution in [0.2, 0.25) is 0 Å². The van der Waals surface area contributed by atoms with Gasteiger partial charge in [0.25, 0.3) is 5.91 Å². The van der Waals surface area contributed by atoms with Crippen LogP contribution in [0.15, 0.2) is 46.2 Å². The molecule has 1 aliphatic rings. The van der Waals surface area contributed by atoms with Crippen molar-refractivity contribution in [1.82, 2.24) is 4.98 Å². The summed E-state index contributed by atoms with van der Waals surface area (Å²) < 4.78 is 3.24. The molecular formula is C23H30BrN4O2+. The summed E-state index contributed by atoms with van der Waals surface area (Å²) in [5.74, 6) is -0.372. The van der Waals surface area contributed by atoms with E-state index in [4.69, 9.17) is 0 Å². The topological polar surface area (TPSA) is 74.1 Å². The quantitative estimate of drug-likeness (QED) is 0.447. The van der Waals surface area contributed by atoms with Gasteiger partial charge in [-0.05, 0) is 32.1 Å². The average molecular weight is 474 g/mol.